The van der Waals surface area contributed by atoms with Gasteiger partial charge in [0.05, 0.1) is 10.6 Å². The van der Waals surface area contributed by atoms with Crippen molar-refractivity contribution in [2.24, 2.45) is 0 Å². The molecule has 110 valence electrons. The van der Waals surface area contributed by atoms with Crippen LogP contribution in [0, 0.1) is 11.6 Å². The third kappa shape index (κ3) is 3.98. The topological polar surface area (TPSA) is 101 Å². The van der Waals surface area contributed by atoms with E-state index in [9.17, 15) is 26.8 Å². The van der Waals surface area contributed by atoms with Gasteiger partial charge in [-0.25, -0.2) is 22.0 Å². The van der Waals surface area contributed by atoms with Crippen LogP contribution in [0.2, 0.25) is 0 Å². The summed E-state index contributed by atoms with van der Waals surface area (Å²) in [6.45, 7) is 1.03. The zero-order valence-corrected chi connectivity index (χ0v) is 11.1. The predicted molar refractivity (Wildman–Crippen MR) is 63.7 cm³/mol. The summed E-state index contributed by atoms with van der Waals surface area (Å²) in [4.78, 5) is 21.1. The number of sulfone groups is 1. The second-order valence-corrected chi connectivity index (χ2v) is 5.98. The van der Waals surface area contributed by atoms with E-state index in [0.717, 1.165) is 13.0 Å². The molecule has 20 heavy (non-hydrogen) atoms. The van der Waals surface area contributed by atoms with E-state index >= 15 is 0 Å². The number of hydrogen-bond donors (Lipinski definition) is 2. The van der Waals surface area contributed by atoms with Gasteiger partial charge < -0.3 is 10.4 Å². The molecule has 1 unspecified atom stereocenters. The molecule has 0 aliphatic carbocycles. The van der Waals surface area contributed by atoms with Gasteiger partial charge in [0.1, 0.15) is 6.04 Å². The molecule has 0 radical (unpaired) electrons. The third-order valence-corrected chi connectivity index (χ3v) is 4.06. The highest BCUT2D eigenvalue weighted by molar-refractivity contribution is 7.91. The first kappa shape index (κ1) is 16.0. The molecule has 0 bridgehead atoms. The summed E-state index contributed by atoms with van der Waals surface area (Å²) >= 11 is 0. The average Bonchev–Trinajstić information content (AvgIpc) is 2.30. The SMILES string of the molecule is CC(=O)NC(CS(=O)(=O)c1ccc(F)c(F)c1)C(=O)O. The first-order valence-electron chi connectivity index (χ1n) is 5.31. The monoisotopic (exact) mass is 307 g/mol. The average molecular weight is 307 g/mol. The number of carbonyl (C=O) groups is 2. The minimum atomic E-state index is -4.19. The summed E-state index contributed by atoms with van der Waals surface area (Å²) in [5, 5.41) is 10.8. The Morgan fingerprint density at radius 3 is 2.35 bits per heavy atom. The number of amides is 1. The molecule has 1 aromatic carbocycles. The van der Waals surface area contributed by atoms with Crippen LogP contribution in [0.3, 0.4) is 0 Å². The number of carboxylic acids is 1. The molecule has 6 nitrogen and oxygen atoms in total. The Labute approximate surface area is 113 Å². The lowest BCUT2D eigenvalue weighted by atomic mass is 10.3. The minimum Gasteiger partial charge on any atom is -0.480 e. The summed E-state index contributed by atoms with van der Waals surface area (Å²) in [5.74, 6) is -5.82. The number of hydrogen-bond acceptors (Lipinski definition) is 4. The number of benzene rings is 1. The molecule has 0 fully saturated rings. The molecule has 1 amide bonds. The van der Waals surface area contributed by atoms with Crippen LogP contribution in [0.15, 0.2) is 23.1 Å². The smallest absolute Gasteiger partial charge is 0.327 e. The molecule has 0 aliphatic heterocycles. The Hall–Kier alpha value is -2.03. The molecule has 1 rings (SSSR count). The van der Waals surface area contributed by atoms with Crippen molar-refractivity contribution in [2.75, 3.05) is 5.75 Å². The molecule has 0 heterocycles. The fraction of sp³-hybridized carbons (Fsp3) is 0.273. The summed E-state index contributed by atoms with van der Waals surface area (Å²) in [6.07, 6.45) is 0. The van der Waals surface area contributed by atoms with E-state index in [0.29, 0.717) is 12.1 Å². The summed E-state index contributed by atoms with van der Waals surface area (Å²) in [6, 6.07) is 0.222. The summed E-state index contributed by atoms with van der Waals surface area (Å²) in [5.41, 5.74) is 0. The van der Waals surface area contributed by atoms with Gasteiger partial charge in [0, 0.05) is 6.92 Å². The number of aliphatic carboxylic acids is 1. The maximum Gasteiger partial charge on any atom is 0.327 e. The van der Waals surface area contributed by atoms with Crippen molar-refractivity contribution in [1.29, 1.82) is 0 Å². The number of nitrogens with one attached hydrogen (secondary N) is 1. The van der Waals surface area contributed by atoms with Crippen LogP contribution in [0.1, 0.15) is 6.92 Å². The number of carbonyl (C=O) groups excluding carboxylic acids is 1. The maximum absolute atomic E-state index is 13.0. The van der Waals surface area contributed by atoms with E-state index < -0.39 is 50.0 Å². The number of carboxylic acid groups (broad SMARTS) is 1. The van der Waals surface area contributed by atoms with Gasteiger partial charge in [-0.05, 0) is 18.2 Å². The zero-order valence-electron chi connectivity index (χ0n) is 10.3. The van der Waals surface area contributed by atoms with Crippen LogP contribution < -0.4 is 5.32 Å². The molecule has 1 aromatic rings. The molecule has 0 aliphatic rings. The standard InChI is InChI=1S/C11H11F2NO5S/c1-6(15)14-10(11(16)17)5-20(18,19)7-2-3-8(12)9(13)4-7/h2-4,10H,5H2,1H3,(H,14,15)(H,16,17). The van der Waals surface area contributed by atoms with Gasteiger partial charge in [-0.15, -0.1) is 0 Å². The Morgan fingerprint density at radius 2 is 1.90 bits per heavy atom. The fourth-order valence-electron chi connectivity index (χ4n) is 1.41. The highest BCUT2D eigenvalue weighted by Crippen LogP contribution is 2.16. The molecule has 0 saturated carbocycles. The van der Waals surface area contributed by atoms with Crippen molar-refractivity contribution in [1.82, 2.24) is 5.32 Å². The van der Waals surface area contributed by atoms with Crippen LogP contribution in [0.5, 0.6) is 0 Å². The highest BCUT2D eigenvalue weighted by Gasteiger charge is 2.27. The molecule has 1 atom stereocenters. The molecule has 2 N–H and O–H groups in total. The Bertz CT molecular complexity index is 644. The van der Waals surface area contributed by atoms with Crippen LogP contribution in [-0.4, -0.2) is 37.2 Å². The largest absolute Gasteiger partial charge is 0.480 e. The lowest BCUT2D eigenvalue weighted by Gasteiger charge is -2.13. The molecule has 9 heteroatoms. The van der Waals surface area contributed by atoms with Gasteiger partial charge in [-0.1, -0.05) is 0 Å². The van der Waals surface area contributed by atoms with Crippen molar-refractivity contribution in [2.45, 2.75) is 17.9 Å². The Balaban J connectivity index is 3.06. The number of rotatable bonds is 5. The Kier molecular flexibility index (Phi) is 4.77. The van der Waals surface area contributed by atoms with Crippen molar-refractivity contribution in [3.05, 3.63) is 29.8 Å². The maximum atomic E-state index is 13.0. The normalized spacial score (nSPS) is 12.8. The molecule has 0 saturated heterocycles. The number of halogens is 2. The van der Waals surface area contributed by atoms with E-state index in [1.807, 2.05) is 5.32 Å². The minimum absolute atomic E-state index is 0.456. The van der Waals surface area contributed by atoms with E-state index in [4.69, 9.17) is 5.11 Å². The molecular formula is C11H11F2NO5S. The van der Waals surface area contributed by atoms with Crippen molar-refractivity contribution >= 4 is 21.7 Å². The lowest BCUT2D eigenvalue weighted by molar-refractivity contribution is -0.140. The van der Waals surface area contributed by atoms with Crippen LogP contribution in [0.25, 0.3) is 0 Å². The lowest BCUT2D eigenvalue weighted by Crippen LogP contribution is -2.44. The quantitative estimate of drug-likeness (QED) is 0.763. The first-order chi connectivity index (χ1) is 9.13. The van der Waals surface area contributed by atoms with Crippen LogP contribution in [0.4, 0.5) is 8.78 Å². The van der Waals surface area contributed by atoms with E-state index in [2.05, 4.69) is 0 Å². The van der Waals surface area contributed by atoms with Gasteiger partial charge in [0.2, 0.25) is 5.91 Å². The van der Waals surface area contributed by atoms with E-state index in [-0.39, 0.29) is 0 Å². The van der Waals surface area contributed by atoms with E-state index in [1.54, 1.807) is 0 Å². The predicted octanol–water partition coefficient (Wildman–Crippen LogP) is 0.328. The summed E-state index contributed by atoms with van der Waals surface area (Å²) in [7, 11) is -4.19. The molecular weight excluding hydrogens is 296 g/mol. The molecule has 0 aromatic heterocycles. The van der Waals surface area contributed by atoms with Gasteiger partial charge in [-0.3, -0.25) is 4.79 Å². The highest BCUT2D eigenvalue weighted by atomic mass is 32.2. The Morgan fingerprint density at radius 1 is 1.30 bits per heavy atom. The van der Waals surface area contributed by atoms with Gasteiger partial charge in [0.25, 0.3) is 0 Å². The van der Waals surface area contributed by atoms with Gasteiger partial charge >= 0.3 is 5.97 Å². The van der Waals surface area contributed by atoms with Crippen LogP contribution in [-0.2, 0) is 19.4 Å². The van der Waals surface area contributed by atoms with E-state index in [1.165, 1.54) is 0 Å². The van der Waals surface area contributed by atoms with Crippen molar-refractivity contribution in [3.63, 3.8) is 0 Å². The zero-order chi connectivity index (χ0) is 15.5. The summed E-state index contributed by atoms with van der Waals surface area (Å²) < 4.78 is 49.5. The fourth-order valence-corrected chi connectivity index (χ4v) is 2.82. The molecule has 0 spiro atoms. The van der Waals surface area contributed by atoms with Gasteiger partial charge in [-0.2, -0.15) is 0 Å². The van der Waals surface area contributed by atoms with Crippen molar-refractivity contribution in [3.8, 4) is 0 Å². The third-order valence-electron chi connectivity index (χ3n) is 2.31. The first-order valence-corrected chi connectivity index (χ1v) is 6.96. The van der Waals surface area contributed by atoms with Crippen molar-refractivity contribution < 1.29 is 31.9 Å². The van der Waals surface area contributed by atoms with Gasteiger partial charge in [0.15, 0.2) is 21.5 Å². The second kappa shape index (κ2) is 5.95. The van der Waals surface area contributed by atoms with Crippen LogP contribution >= 0.6 is 0 Å². The second-order valence-electron chi connectivity index (χ2n) is 3.95.